The Bertz CT molecular complexity index is 86.9. The van der Waals surface area contributed by atoms with Crippen LogP contribution in [0.25, 0.3) is 0 Å². The van der Waals surface area contributed by atoms with E-state index in [1.54, 1.807) is 7.11 Å². The second-order valence-corrected chi connectivity index (χ2v) is 1.68. The second-order valence-electron chi connectivity index (χ2n) is 1.68. The van der Waals surface area contributed by atoms with E-state index in [0.717, 1.165) is 12.4 Å². The van der Waals surface area contributed by atoms with Crippen molar-refractivity contribution in [2.24, 2.45) is 0 Å². The van der Waals surface area contributed by atoms with Crippen LogP contribution in [-0.2, 0) is 9.47 Å². The molecule has 0 rings (SSSR count). The summed E-state index contributed by atoms with van der Waals surface area (Å²) >= 11 is 0. The van der Waals surface area contributed by atoms with Gasteiger partial charge in [0, 0.05) is 6.61 Å². The molecule has 2 nitrogen and oxygen atoms in total. The maximum absolute atomic E-state index is 5.05. The van der Waals surface area contributed by atoms with Crippen molar-refractivity contribution in [3.8, 4) is 0 Å². The van der Waals surface area contributed by atoms with Crippen molar-refractivity contribution >= 4 is 0 Å². The van der Waals surface area contributed by atoms with Crippen LogP contribution in [0.15, 0.2) is 11.8 Å². The number of hydrogen-bond donors (Lipinski definition) is 0. The number of ether oxygens (including phenoxy) is 2. The van der Waals surface area contributed by atoms with Crippen molar-refractivity contribution in [2.45, 2.75) is 13.8 Å². The van der Waals surface area contributed by atoms with Gasteiger partial charge in [0.25, 0.3) is 0 Å². The van der Waals surface area contributed by atoms with E-state index in [0.29, 0.717) is 6.61 Å². The zero-order valence-corrected chi connectivity index (χ0v) is 6.31. The van der Waals surface area contributed by atoms with Gasteiger partial charge in [0.1, 0.15) is 0 Å². The van der Waals surface area contributed by atoms with Gasteiger partial charge in [-0.2, -0.15) is 0 Å². The highest BCUT2D eigenvalue weighted by Crippen LogP contribution is 1.90. The fourth-order valence-corrected chi connectivity index (χ4v) is 0.377. The standard InChI is InChI=1S/C7H14O2/c1-4-9-6-5-7(2)8-3/h5H,4,6H2,1-3H3/b7-5+. The monoisotopic (exact) mass is 130 g/mol. The number of hydrogen-bond acceptors (Lipinski definition) is 2. The molecular formula is C7H14O2. The van der Waals surface area contributed by atoms with Crippen LogP contribution >= 0.6 is 0 Å². The average molecular weight is 130 g/mol. The Morgan fingerprint density at radius 3 is 2.67 bits per heavy atom. The summed E-state index contributed by atoms with van der Waals surface area (Å²) in [6.07, 6.45) is 1.91. The van der Waals surface area contributed by atoms with E-state index in [-0.39, 0.29) is 0 Å². The molecule has 0 radical (unpaired) electrons. The minimum atomic E-state index is 0.649. The minimum absolute atomic E-state index is 0.649. The van der Waals surface area contributed by atoms with Gasteiger partial charge in [-0.3, -0.25) is 0 Å². The third kappa shape index (κ3) is 5.37. The smallest absolute Gasteiger partial charge is 0.0907 e. The number of rotatable bonds is 4. The Labute approximate surface area is 56.5 Å². The molecule has 54 valence electrons. The van der Waals surface area contributed by atoms with Gasteiger partial charge in [-0.15, -0.1) is 0 Å². The van der Waals surface area contributed by atoms with Crippen LogP contribution in [0.1, 0.15) is 13.8 Å². The molecule has 0 amide bonds. The van der Waals surface area contributed by atoms with Crippen LogP contribution < -0.4 is 0 Å². The third-order valence-electron chi connectivity index (χ3n) is 1.01. The summed E-state index contributed by atoms with van der Waals surface area (Å²) in [7, 11) is 1.65. The van der Waals surface area contributed by atoms with Crippen LogP contribution in [0.5, 0.6) is 0 Å². The molecule has 0 aromatic heterocycles. The minimum Gasteiger partial charge on any atom is -0.502 e. The van der Waals surface area contributed by atoms with Crippen molar-refractivity contribution in [2.75, 3.05) is 20.3 Å². The normalized spacial score (nSPS) is 11.7. The molecule has 0 aliphatic heterocycles. The lowest BCUT2D eigenvalue weighted by Crippen LogP contribution is -1.90. The molecule has 0 unspecified atom stereocenters. The molecule has 9 heavy (non-hydrogen) atoms. The third-order valence-corrected chi connectivity index (χ3v) is 1.01. The summed E-state index contributed by atoms with van der Waals surface area (Å²) in [6, 6.07) is 0. The summed E-state index contributed by atoms with van der Waals surface area (Å²) < 4.78 is 9.93. The first kappa shape index (κ1) is 8.50. The summed E-state index contributed by atoms with van der Waals surface area (Å²) in [4.78, 5) is 0. The van der Waals surface area contributed by atoms with Gasteiger partial charge in [-0.1, -0.05) is 0 Å². The van der Waals surface area contributed by atoms with Gasteiger partial charge in [0.2, 0.25) is 0 Å². The Morgan fingerprint density at radius 1 is 1.56 bits per heavy atom. The van der Waals surface area contributed by atoms with Gasteiger partial charge in [0.05, 0.1) is 19.5 Å². The molecule has 0 saturated heterocycles. The van der Waals surface area contributed by atoms with Crippen LogP contribution in [0.2, 0.25) is 0 Å². The molecule has 0 aliphatic rings. The first-order valence-electron chi connectivity index (χ1n) is 3.09. The fraction of sp³-hybridized carbons (Fsp3) is 0.714. The van der Waals surface area contributed by atoms with E-state index in [2.05, 4.69) is 0 Å². The predicted molar refractivity (Wildman–Crippen MR) is 37.3 cm³/mol. The summed E-state index contributed by atoms with van der Waals surface area (Å²) in [5.74, 6) is 0.906. The molecule has 2 heteroatoms. The van der Waals surface area contributed by atoms with Crippen molar-refractivity contribution in [1.29, 1.82) is 0 Å². The van der Waals surface area contributed by atoms with Crippen LogP contribution in [0.4, 0.5) is 0 Å². The first-order valence-corrected chi connectivity index (χ1v) is 3.09. The van der Waals surface area contributed by atoms with Crippen molar-refractivity contribution in [1.82, 2.24) is 0 Å². The fourth-order valence-electron chi connectivity index (χ4n) is 0.377. The molecular weight excluding hydrogens is 116 g/mol. The molecule has 0 fully saturated rings. The lowest BCUT2D eigenvalue weighted by Gasteiger charge is -1.97. The van der Waals surface area contributed by atoms with Gasteiger partial charge in [-0.05, 0) is 19.9 Å². The highest BCUT2D eigenvalue weighted by atomic mass is 16.5. The lowest BCUT2D eigenvalue weighted by molar-refractivity contribution is 0.173. The highest BCUT2D eigenvalue weighted by Gasteiger charge is 1.81. The molecule has 0 N–H and O–H groups in total. The molecule has 0 aliphatic carbocycles. The van der Waals surface area contributed by atoms with Crippen LogP contribution in [-0.4, -0.2) is 20.3 Å². The van der Waals surface area contributed by atoms with Crippen molar-refractivity contribution in [3.63, 3.8) is 0 Å². The average Bonchev–Trinajstić information content (AvgIpc) is 1.89. The molecule has 0 heterocycles. The van der Waals surface area contributed by atoms with Gasteiger partial charge in [-0.25, -0.2) is 0 Å². The quantitative estimate of drug-likeness (QED) is 0.425. The summed E-state index contributed by atoms with van der Waals surface area (Å²) in [5, 5.41) is 0. The van der Waals surface area contributed by atoms with E-state index in [4.69, 9.17) is 9.47 Å². The number of methoxy groups -OCH3 is 1. The SMILES string of the molecule is CCOC/C=C(\C)OC. The molecule has 0 atom stereocenters. The molecule has 0 bridgehead atoms. The Hall–Kier alpha value is -0.500. The topological polar surface area (TPSA) is 18.5 Å². The van der Waals surface area contributed by atoms with E-state index < -0.39 is 0 Å². The van der Waals surface area contributed by atoms with E-state index in [1.807, 2.05) is 19.9 Å². The molecule has 0 aromatic rings. The highest BCUT2D eigenvalue weighted by molar-refractivity contribution is 4.87. The van der Waals surface area contributed by atoms with E-state index in [1.165, 1.54) is 0 Å². The van der Waals surface area contributed by atoms with Crippen molar-refractivity contribution in [3.05, 3.63) is 11.8 Å². The van der Waals surface area contributed by atoms with E-state index >= 15 is 0 Å². The zero-order valence-electron chi connectivity index (χ0n) is 6.31. The van der Waals surface area contributed by atoms with E-state index in [9.17, 15) is 0 Å². The molecule has 0 saturated carbocycles. The predicted octanol–water partition coefficient (Wildman–Crippen LogP) is 1.57. The summed E-state index contributed by atoms with van der Waals surface area (Å²) in [5.41, 5.74) is 0. The lowest BCUT2D eigenvalue weighted by atomic mass is 10.5. The molecule has 0 spiro atoms. The summed E-state index contributed by atoms with van der Waals surface area (Å²) in [6.45, 7) is 5.28. The van der Waals surface area contributed by atoms with Crippen LogP contribution in [0, 0.1) is 0 Å². The Morgan fingerprint density at radius 2 is 2.22 bits per heavy atom. The van der Waals surface area contributed by atoms with Gasteiger partial charge in [0.15, 0.2) is 0 Å². The van der Waals surface area contributed by atoms with Gasteiger partial charge >= 0.3 is 0 Å². The first-order chi connectivity index (χ1) is 4.31. The largest absolute Gasteiger partial charge is 0.502 e. The maximum Gasteiger partial charge on any atom is 0.0907 e. The number of allylic oxidation sites excluding steroid dienone is 1. The Kier molecular flexibility index (Phi) is 5.32. The van der Waals surface area contributed by atoms with Gasteiger partial charge < -0.3 is 9.47 Å². The van der Waals surface area contributed by atoms with Crippen LogP contribution in [0.3, 0.4) is 0 Å². The van der Waals surface area contributed by atoms with Crippen molar-refractivity contribution < 1.29 is 9.47 Å². The Balaban J connectivity index is 3.21. The molecule has 0 aromatic carbocycles. The second kappa shape index (κ2) is 5.63. The zero-order chi connectivity index (χ0) is 7.11. The maximum atomic E-state index is 5.05.